The number of aromatic amines is 1. The summed E-state index contributed by atoms with van der Waals surface area (Å²) in [5.74, 6) is 0.637. The second kappa shape index (κ2) is 4.98. The maximum Gasteiger partial charge on any atom is 0.259 e. The van der Waals surface area contributed by atoms with Crippen molar-refractivity contribution in [3.05, 3.63) is 70.0 Å². The Labute approximate surface area is 132 Å². The number of benzene rings is 2. The number of carbonyl (C=O) groups excluding carboxylic acids is 1. The molecule has 0 bridgehead atoms. The summed E-state index contributed by atoms with van der Waals surface area (Å²) in [5, 5.41) is 0.892. The molecule has 1 N–H and O–H groups in total. The van der Waals surface area contributed by atoms with E-state index in [1.807, 2.05) is 30.3 Å². The first-order valence-electron chi connectivity index (χ1n) is 7.27. The lowest BCUT2D eigenvalue weighted by atomic mass is 10.1. The third kappa shape index (κ3) is 2.17. The molecular formula is C18H14N2O3. The average Bonchev–Trinajstić information content (AvgIpc) is 2.90. The lowest BCUT2D eigenvalue weighted by molar-refractivity contribution is 0.0996. The number of pyridine rings is 1. The second-order valence-corrected chi connectivity index (χ2v) is 5.51. The predicted molar refractivity (Wildman–Crippen MR) is 88.1 cm³/mol. The van der Waals surface area contributed by atoms with E-state index in [0.29, 0.717) is 17.9 Å². The average molecular weight is 306 g/mol. The second-order valence-electron chi connectivity index (χ2n) is 5.51. The number of amides is 1. The fourth-order valence-corrected chi connectivity index (χ4v) is 2.93. The summed E-state index contributed by atoms with van der Waals surface area (Å²) in [5.41, 5.74) is 3.09. The minimum absolute atomic E-state index is 0.0392. The number of anilines is 1. The highest BCUT2D eigenvalue weighted by molar-refractivity contribution is 6.10. The van der Waals surface area contributed by atoms with E-state index in [4.69, 9.17) is 4.74 Å². The Hall–Kier alpha value is -3.08. The van der Waals surface area contributed by atoms with E-state index in [0.717, 1.165) is 22.2 Å². The Balaban J connectivity index is 1.76. The Morgan fingerprint density at radius 1 is 1.04 bits per heavy atom. The summed E-state index contributed by atoms with van der Waals surface area (Å²) in [6, 6.07) is 14.4. The van der Waals surface area contributed by atoms with Crippen molar-refractivity contribution < 1.29 is 9.53 Å². The van der Waals surface area contributed by atoms with Crippen molar-refractivity contribution in [1.29, 1.82) is 0 Å². The van der Waals surface area contributed by atoms with Gasteiger partial charge in [0.15, 0.2) is 0 Å². The molecule has 0 atom stereocenters. The fraction of sp³-hybridized carbons (Fsp3) is 0.111. The van der Waals surface area contributed by atoms with Gasteiger partial charge in [-0.3, -0.25) is 9.59 Å². The highest BCUT2D eigenvalue weighted by Gasteiger charge is 2.28. The molecule has 0 unspecified atom stereocenters. The van der Waals surface area contributed by atoms with Crippen molar-refractivity contribution in [1.82, 2.24) is 4.98 Å². The Morgan fingerprint density at radius 2 is 1.91 bits per heavy atom. The first-order valence-corrected chi connectivity index (χ1v) is 7.27. The standard InChI is InChI=1S/C18H14N2O3/c1-23-14-5-2-12-10-20(18(22)15(12)9-14)13-4-6-16-11(8-13)3-7-17(21)19-16/h2-9H,10H2,1H3,(H,19,21). The third-order valence-corrected chi connectivity index (χ3v) is 4.14. The number of fused-ring (bicyclic) bond motifs is 2. The van der Waals surface area contributed by atoms with Gasteiger partial charge in [-0.2, -0.15) is 0 Å². The molecule has 0 saturated carbocycles. The maximum atomic E-state index is 12.7. The minimum Gasteiger partial charge on any atom is -0.497 e. The zero-order valence-corrected chi connectivity index (χ0v) is 12.5. The Morgan fingerprint density at radius 3 is 2.74 bits per heavy atom. The zero-order chi connectivity index (χ0) is 16.0. The number of aromatic nitrogens is 1. The van der Waals surface area contributed by atoms with Crippen LogP contribution in [0.5, 0.6) is 5.75 Å². The Bertz CT molecular complexity index is 991. The normalized spacial score (nSPS) is 13.4. The number of hydrogen-bond donors (Lipinski definition) is 1. The summed E-state index contributed by atoms with van der Waals surface area (Å²) in [7, 11) is 1.59. The van der Waals surface area contributed by atoms with E-state index >= 15 is 0 Å². The molecule has 5 nitrogen and oxygen atoms in total. The van der Waals surface area contributed by atoms with Crippen LogP contribution in [0.25, 0.3) is 10.9 Å². The molecule has 0 saturated heterocycles. The predicted octanol–water partition coefficient (Wildman–Crippen LogP) is 2.70. The summed E-state index contributed by atoms with van der Waals surface area (Å²) in [4.78, 5) is 28.5. The summed E-state index contributed by atoms with van der Waals surface area (Å²) in [6.07, 6.45) is 0. The first-order chi connectivity index (χ1) is 11.2. The van der Waals surface area contributed by atoms with Crippen LogP contribution < -0.4 is 15.2 Å². The van der Waals surface area contributed by atoms with Crippen molar-refractivity contribution in [2.75, 3.05) is 12.0 Å². The van der Waals surface area contributed by atoms with Crippen LogP contribution in [-0.4, -0.2) is 18.0 Å². The number of nitrogens with zero attached hydrogens (tertiary/aromatic N) is 1. The zero-order valence-electron chi connectivity index (χ0n) is 12.5. The van der Waals surface area contributed by atoms with Gasteiger partial charge in [-0.25, -0.2) is 0 Å². The SMILES string of the molecule is COc1ccc2c(c1)C(=O)N(c1ccc3[nH]c(=O)ccc3c1)C2. The van der Waals surface area contributed by atoms with E-state index in [-0.39, 0.29) is 11.5 Å². The molecule has 0 radical (unpaired) electrons. The molecule has 114 valence electrons. The summed E-state index contributed by atoms with van der Waals surface area (Å²) < 4.78 is 5.19. The molecular weight excluding hydrogens is 292 g/mol. The van der Waals surface area contributed by atoms with Crippen molar-refractivity contribution in [3.63, 3.8) is 0 Å². The van der Waals surface area contributed by atoms with Gasteiger partial charge in [0.1, 0.15) is 5.75 Å². The Kier molecular flexibility index (Phi) is 2.94. The highest BCUT2D eigenvalue weighted by Crippen LogP contribution is 2.31. The van der Waals surface area contributed by atoms with Crippen LogP contribution in [0.1, 0.15) is 15.9 Å². The molecule has 0 spiro atoms. The van der Waals surface area contributed by atoms with Crippen LogP contribution in [0.15, 0.2) is 53.3 Å². The van der Waals surface area contributed by atoms with Gasteiger partial charge in [-0.05, 0) is 42.0 Å². The molecule has 2 heterocycles. The quantitative estimate of drug-likeness (QED) is 0.792. The molecule has 1 aromatic heterocycles. The van der Waals surface area contributed by atoms with Crippen molar-refractivity contribution in [2.24, 2.45) is 0 Å². The molecule has 3 aromatic rings. The van der Waals surface area contributed by atoms with Crippen LogP contribution >= 0.6 is 0 Å². The van der Waals surface area contributed by atoms with E-state index in [2.05, 4.69) is 4.98 Å². The van der Waals surface area contributed by atoms with Crippen molar-refractivity contribution in [2.45, 2.75) is 6.54 Å². The molecule has 5 heteroatoms. The number of rotatable bonds is 2. The van der Waals surface area contributed by atoms with Crippen LogP contribution in [0.4, 0.5) is 5.69 Å². The minimum atomic E-state index is -0.137. The number of nitrogens with one attached hydrogen (secondary N) is 1. The monoisotopic (exact) mass is 306 g/mol. The smallest absolute Gasteiger partial charge is 0.259 e. The van der Waals surface area contributed by atoms with Gasteiger partial charge < -0.3 is 14.6 Å². The molecule has 1 aliphatic rings. The number of methoxy groups -OCH3 is 1. The van der Waals surface area contributed by atoms with Gasteiger partial charge in [0.25, 0.3) is 5.91 Å². The van der Waals surface area contributed by atoms with Gasteiger partial charge in [-0.1, -0.05) is 6.07 Å². The van der Waals surface area contributed by atoms with Crippen LogP contribution in [0.3, 0.4) is 0 Å². The molecule has 0 aliphatic carbocycles. The van der Waals surface area contributed by atoms with Gasteiger partial charge in [0, 0.05) is 28.2 Å². The largest absolute Gasteiger partial charge is 0.497 e. The molecule has 4 rings (SSSR count). The third-order valence-electron chi connectivity index (χ3n) is 4.14. The number of carbonyl (C=O) groups is 1. The number of hydrogen-bond acceptors (Lipinski definition) is 3. The number of H-pyrrole nitrogens is 1. The van der Waals surface area contributed by atoms with Gasteiger partial charge >= 0.3 is 0 Å². The van der Waals surface area contributed by atoms with Crippen molar-refractivity contribution in [3.8, 4) is 5.75 Å². The van der Waals surface area contributed by atoms with Gasteiger partial charge in [0.05, 0.1) is 13.7 Å². The topological polar surface area (TPSA) is 62.4 Å². The molecule has 1 aliphatic heterocycles. The number of ether oxygens (including phenoxy) is 1. The van der Waals surface area contributed by atoms with Crippen molar-refractivity contribution >= 4 is 22.5 Å². The highest BCUT2D eigenvalue weighted by atomic mass is 16.5. The van der Waals surface area contributed by atoms with Crippen LogP contribution in [-0.2, 0) is 6.54 Å². The molecule has 1 amide bonds. The van der Waals surface area contributed by atoms with E-state index in [9.17, 15) is 9.59 Å². The van der Waals surface area contributed by atoms with E-state index in [1.165, 1.54) is 6.07 Å². The van der Waals surface area contributed by atoms with Crippen LogP contribution in [0, 0.1) is 0 Å². The van der Waals surface area contributed by atoms with E-state index in [1.54, 1.807) is 24.1 Å². The van der Waals surface area contributed by atoms with E-state index < -0.39 is 0 Å². The first kappa shape index (κ1) is 13.6. The molecule has 2 aromatic carbocycles. The lowest BCUT2D eigenvalue weighted by Gasteiger charge is -2.16. The lowest BCUT2D eigenvalue weighted by Crippen LogP contribution is -2.22. The van der Waals surface area contributed by atoms with Crippen LogP contribution in [0.2, 0.25) is 0 Å². The summed E-state index contributed by atoms with van der Waals surface area (Å²) in [6.45, 7) is 0.535. The van der Waals surface area contributed by atoms with Gasteiger partial charge in [0.2, 0.25) is 5.56 Å². The molecule has 0 fully saturated rings. The van der Waals surface area contributed by atoms with Gasteiger partial charge in [-0.15, -0.1) is 0 Å². The fourth-order valence-electron chi connectivity index (χ4n) is 2.93. The maximum absolute atomic E-state index is 12.7. The molecule has 23 heavy (non-hydrogen) atoms. The summed E-state index contributed by atoms with van der Waals surface area (Å²) >= 11 is 0.